The molecule has 3 N–H and O–H groups in total. The summed E-state index contributed by atoms with van der Waals surface area (Å²) in [6.07, 6.45) is 1.01. The van der Waals surface area contributed by atoms with Gasteiger partial charge < -0.3 is 34.6 Å². The normalized spacial score (nSPS) is 10.8. The number of Topliss-reactive ketones (excluding diaryl/α,β-unsaturated/α-hetero) is 2. The predicted octanol–water partition coefficient (Wildman–Crippen LogP) is 1.70. The predicted molar refractivity (Wildman–Crippen MR) is 153 cm³/mol. The van der Waals surface area contributed by atoms with Gasteiger partial charge in [0.1, 0.15) is 30.3 Å². The van der Waals surface area contributed by atoms with Crippen LogP contribution in [-0.4, -0.2) is 83.4 Å². The molecule has 9 nitrogen and oxygen atoms in total. The van der Waals surface area contributed by atoms with Crippen molar-refractivity contribution in [2.45, 2.75) is 51.0 Å². The smallest absolute Gasteiger partial charge is 0.870 e. The monoisotopic (exact) mass is 636 g/mol. The first kappa shape index (κ1) is 40.8. The first-order valence-electron chi connectivity index (χ1n) is 12.6. The number of benzene rings is 2. The first-order valence-corrected chi connectivity index (χ1v) is 13.4. The molecule has 0 heterocycles. The summed E-state index contributed by atoms with van der Waals surface area (Å²) < 4.78 is 20.8. The summed E-state index contributed by atoms with van der Waals surface area (Å²) in [5.74, 6) is 1.11. The zero-order valence-corrected chi connectivity index (χ0v) is 28.0. The minimum Gasteiger partial charge on any atom is -0.870 e. The summed E-state index contributed by atoms with van der Waals surface area (Å²) in [7, 11) is 0. The number of alkyl halides is 1. The molecule has 0 saturated carbocycles. The van der Waals surface area contributed by atoms with Crippen LogP contribution in [0.2, 0.25) is 0 Å². The number of rotatable bonds is 16. The number of carbonyl (C=O) groups is 2. The minimum absolute atomic E-state index is 0. The van der Waals surface area contributed by atoms with Gasteiger partial charge >= 0.3 is 29.6 Å². The second kappa shape index (κ2) is 21.4. The van der Waals surface area contributed by atoms with Gasteiger partial charge in [0.25, 0.3) is 0 Å². The van der Waals surface area contributed by atoms with Crippen molar-refractivity contribution in [2.75, 3.05) is 46.2 Å². The van der Waals surface area contributed by atoms with Gasteiger partial charge in [-0.3, -0.25) is 9.59 Å². The third kappa shape index (κ3) is 16.8. The average molecular weight is 638 g/mol. The van der Waals surface area contributed by atoms with Crippen LogP contribution < -0.4 is 39.0 Å². The molecule has 0 unspecified atom stereocenters. The molecular formula is C29H42BrNaO9. The second-order valence-corrected chi connectivity index (χ2v) is 11.4. The summed E-state index contributed by atoms with van der Waals surface area (Å²) in [6, 6.07) is 13.8. The van der Waals surface area contributed by atoms with Crippen molar-refractivity contribution in [3.63, 3.8) is 0 Å². The van der Waals surface area contributed by atoms with E-state index in [1.165, 1.54) is 13.8 Å². The molecule has 0 bridgehead atoms. The SMILES string of the molecule is CC(C)(O)C(=O)c1ccc(OCCOCCO)cc1.CCCOCCOc1ccc(C(=O)C(C)(C)Br)cc1.[Na+].[OH-]. The fourth-order valence-electron chi connectivity index (χ4n) is 2.95. The Bertz CT molecular complexity index is 874. The van der Waals surface area contributed by atoms with E-state index in [-0.39, 0.29) is 53.2 Å². The molecule has 0 aliphatic heterocycles. The summed E-state index contributed by atoms with van der Waals surface area (Å²) in [5.41, 5.74) is -0.256. The van der Waals surface area contributed by atoms with Crippen LogP contribution in [0.1, 0.15) is 61.8 Å². The number of hydrogen-bond donors (Lipinski definition) is 2. The van der Waals surface area contributed by atoms with E-state index in [4.69, 9.17) is 24.1 Å². The van der Waals surface area contributed by atoms with E-state index in [2.05, 4.69) is 22.9 Å². The van der Waals surface area contributed by atoms with Gasteiger partial charge in [0.2, 0.25) is 0 Å². The number of ether oxygens (including phenoxy) is 4. The standard InChI is InChI=1S/C15H21BrO3.C14H20O5.Na.H2O/c1-4-9-18-10-11-19-13-7-5-12(6-8-13)14(17)15(2,3)16;1-14(2,17)13(16)11-3-5-12(6-4-11)19-10-9-18-8-7-15;;/h5-8H,4,9-11H2,1-3H3;3-6,15,17H,7-10H2,1-2H3;;1H2/q;;+1;/p-1. The van der Waals surface area contributed by atoms with E-state index in [0.29, 0.717) is 49.9 Å². The van der Waals surface area contributed by atoms with Crippen LogP contribution in [0.3, 0.4) is 0 Å². The Morgan fingerprint density at radius 2 is 1.12 bits per heavy atom. The van der Waals surface area contributed by atoms with Crippen LogP contribution >= 0.6 is 15.9 Å². The fourth-order valence-corrected chi connectivity index (χ4v) is 3.18. The largest absolute Gasteiger partial charge is 1.00 e. The van der Waals surface area contributed by atoms with Gasteiger partial charge in [-0.15, -0.1) is 0 Å². The number of hydrogen-bond acceptors (Lipinski definition) is 9. The van der Waals surface area contributed by atoms with E-state index in [0.717, 1.165) is 18.8 Å². The molecule has 220 valence electrons. The van der Waals surface area contributed by atoms with Crippen molar-refractivity contribution in [3.05, 3.63) is 59.7 Å². The van der Waals surface area contributed by atoms with Gasteiger partial charge in [-0.05, 0) is 82.6 Å². The third-order valence-corrected chi connectivity index (χ3v) is 5.27. The molecule has 0 radical (unpaired) electrons. The molecule has 0 amide bonds. The maximum absolute atomic E-state index is 12.0. The van der Waals surface area contributed by atoms with Crippen LogP contribution in [0.15, 0.2) is 48.5 Å². The van der Waals surface area contributed by atoms with E-state index in [9.17, 15) is 14.7 Å². The Morgan fingerprint density at radius 3 is 1.48 bits per heavy atom. The van der Waals surface area contributed by atoms with Crippen LogP contribution in [0.5, 0.6) is 11.5 Å². The molecule has 0 aliphatic rings. The van der Waals surface area contributed by atoms with Crippen molar-refractivity contribution in [3.8, 4) is 11.5 Å². The first-order chi connectivity index (χ1) is 17.9. The molecule has 0 spiro atoms. The number of aliphatic hydroxyl groups excluding tert-OH is 1. The molecule has 2 rings (SSSR count). The third-order valence-electron chi connectivity index (χ3n) is 4.91. The van der Waals surface area contributed by atoms with Crippen LogP contribution in [-0.2, 0) is 9.47 Å². The Morgan fingerprint density at radius 1 is 0.725 bits per heavy atom. The quantitative estimate of drug-likeness (QED) is 0.122. The molecular weight excluding hydrogens is 595 g/mol. The van der Waals surface area contributed by atoms with Crippen molar-refractivity contribution < 1.29 is 73.8 Å². The fraction of sp³-hybridized carbons (Fsp3) is 0.517. The van der Waals surface area contributed by atoms with Gasteiger partial charge in [-0.1, -0.05) is 22.9 Å². The van der Waals surface area contributed by atoms with Crippen molar-refractivity contribution in [1.29, 1.82) is 0 Å². The van der Waals surface area contributed by atoms with E-state index >= 15 is 0 Å². The molecule has 40 heavy (non-hydrogen) atoms. The second-order valence-electron chi connectivity index (χ2n) is 9.38. The molecule has 0 fully saturated rings. The van der Waals surface area contributed by atoms with Crippen LogP contribution in [0.25, 0.3) is 0 Å². The van der Waals surface area contributed by atoms with Gasteiger partial charge in [-0.25, -0.2) is 0 Å². The maximum atomic E-state index is 12.0. The summed E-state index contributed by atoms with van der Waals surface area (Å²) in [4.78, 5) is 23.8. The van der Waals surface area contributed by atoms with E-state index < -0.39 is 9.93 Å². The topological polar surface area (TPSA) is 142 Å². The number of aliphatic hydroxyl groups is 2. The molecule has 0 atom stereocenters. The van der Waals surface area contributed by atoms with Gasteiger partial charge in [0.05, 0.1) is 30.8 Å². The van der Waals surface area contributed by atoms with Gasteiger partial charge in [0.15, 0.2) is 11.6 Å². The maximum Gasteiger partial charge on any atom is 1.00 e. The Hall–Kier alpha value is -1.34. The van der Waals surface area contributed by atoms with E-state index in [1.807, 2.05) is 26.0 Å². The Balaban J connectivity index is 0. The molecule has 0 saturated heterocycles. The summed E-state index contributed by atoms with van der Waals surface area (Å²) in [5, 5.41) is 18.1. The zero-order chi connectivity index (χ0) is 28.6. The van der Waals surface area contributed by atoms with Crippen molar-refractivity contribution >= 4 is 27.5 Å². The Labute approximate surface area is 268 Å². The average Bonchev–Trinajstić information content (AvgIpc) is 2.88. The van der Waals surface area contributed by atoms with Crippen molar-refractivity contribution in [2.24, 2.45) is 0 Å². The molecule has 0 aromatic heterocycles. The van der Waals surface area contributed by atoms with Crippen LogP contribution in [0, 0.1) is 0 Å². The van der Waals surface area contributed by atoms with Gasteiger partial charge in [0, 0.05) is 17.7 Å². The molecule has 0 aliphatic carbocycles. The Kier molecular flexibility index (Phi) is 21.8. The van der Waals surface area contributed by atoms with E-state index in [1.54, 1.807) is 36.4 Å². The number of ketones is 2. The van der Waals surface area contributed by atoms with Crippen LogP contribution in [0.4, 0.5) is 0 Å². The summed E-state index contributed by atoms with van der Waals surface area (Å²) in [6.45, 7) is 11.6. The van der Waals surface area contributed by atoms with Crippen molar-refractivity contribution in [1.82, 2.24) is 0 Å². The zero-order valence-electron chi connectivity index (χ0n) is 24.4. The molecule has 11 heteroatoms. The number of halogens is 1. The van der Waals surface area contributed by atoms with Gasteiger partial charge in [-0.2, -0.15) is 0 Å². The number of carbonyl (C=O) groups excluding carboxylic acids is 2. The summed E-state index contributed by atoms with van der Waals surface area (Å²) >= 11 is 3.37. The minimum atomic E-state index is -1.37. The molecule has 2 aromatic carbocycles. The molecule has 2 aromatic rings.